The topological polar surface area (TPSA) is 59.4 Å². The third kappa shape index (κ3) is 3.86. The van der Waals surface area contributed by atoms with Crippen molar-refractivity contribution in [2.24, 2.45) is 5.92 Å². The summed E-state index contributed by atoms with van der Waals surface area (Å²) >= 11 is 0. The maximum atomic E-state index is 12.8. The Balaban J connectivity index is 1.43. The Bertz CT molecular complexity index is 808. The van der Waals surface area contributed by atoms with Gasteiger partial charge in [0.15, 0.2) is 0 Å². The molecule has 0 saturated carbocycles. The van der Waals surface area contributed by atoms with Gasteiger partial charge in [-0.15, -0.1) is 0 Å². The van der Waals surface area contributed by atoms with Crippen LogP contribution in [-0.2, 0) is 24.2 Å². The summed E-state index contributed by atoms with van der Waals surface area (Å²) in [6, 6.07) is 8.27. The minimum atomic E-state index is -0.0555. The lowest BCUT2D eigenvalue weighted by atomic mass is 9.89. The van der Waals surface area contributed by atoms with Crippen molar-refractivity contribution in [2.45, 2.75) is 45.7 Å². The highest BCUT2D eigenvalue weighted by Gasteiger charge is 2.24. The molecule has 0 spiro atoms. The van der Waals surface area contributed by atoms with Gasteiger partial charge in [0.25, 0.3) is 0 Å². The molecule has 6 nitrogen and oxygen atoms in total. The molecule has 27 heavy (non-hydrogen) atoms. The van der Waals surface area contributed by atoms with E-state index >= 15 is 0 Å². The van der Waals surface area contributed by atoms with E-state index in [4.69, 9.17) is 4.74 Å². The van der Waals surface area contributed by atoms with E-state index in [-0.39, 0.29) is 6.03 Å². The average Bonchev–Trinajstić information content (AvgIpc) is 3.33. The van der Waals surface area contributed by atoms with Crippen molar-refractivity contribution in [3.8, 4) is 0 Å². The minimum Gasteiger partial charge on any atom is -0.381 e. The van der Waals surface area contributed by atoms with Crippen molar-refractivity contribution in [1.82, 2.24) is 14.7 Å². The molecular weight excluding hydrogens is 340 g/mol. The summed E-state index contributed by atoms with van der Waals surface area (Å²) in [6.07, 6.45) is 3.70. The van der Waals surface area contributed by atoms with E-state index in [1.165, 1.54) is 16.7 Å². The van der Waals surface area contributed by atoms with Gasteiger partial charge in [0.05, 0.1) is 12.8 Å². The van der Waals surface area contributed by atoms with Crippen LogP contribution >= 0.6 is 0 Å². The first-order valence-electron chi connectivity index (χ1n) is 9.88. The molecule has 4 rings (SSSR count). The van der Waals surface area contributed by atoms with Crippen LogP contribution in [0.5, 0.6) is 0 Å². The number of fused-ring (bicyclic) bond motifs is 1. The number of amides is 2. The van der Waals surface area contributed by atoms with Gasteiger partial charge in [-0.05, 0) is 35.4 Å². The van der Waals surface area contributed by atoms with E-state index in [9.17, 15) is 4.79 Å². The van der Waals surface area contributed by atoms with Crippen molar-refractivity contribution in [3.63, 3.8) is 0 Å². The third-order valence-corrected chi connectivity index (χ3v) is 5.62. The van der Waals surface area contributed by atoms with E-state index in [0.29, 0.717) is 18.4 Å². The number of nitrogens with zero attached hydrogens (tertiary/aromatic N) is 3. The summed E-state index contributed by atoms with van der Waals surface area (Å²) in [4.78, 5) is 14.7. The fourth-order valence-electron chi connectivity index (χ4n) is 4.10. The Kier molecular flexibility index (Phi) is 5.16. The monoisotopic (exact) mass is 368 g/mol. The van der Waals surface area contributed by atoms with Gasteiger partial charge in [0.1, 0.15) is 5.82 Å². The molecule has 6 heteroatoms. The van der Waals surface area contributed by atoms with Crippen molar-refractivity contribution < 1.29 is 9.53 Å². The highest BCUT2D eigenvalue weighted by Crippen LogP contribution is 2.28. The summed E-state index contributed by atoms with van der Waals surface area (Å²) in [6.45, 7) is 8.23. The zero-order valence-electron chi connectivity index (χ0n) is 16.1. The summed E-state index contributed by atoms with van der Waals surface area (Å²) in [7, 11) is 0. The molecule has 0 bridgehead atoms. The molecule has 1 fully saturated rings. The van der Waals surface area contributed by atoms with Crippen LogP contribution in [0.15, 0.2) is 30.5 Å². The van der Waals surface area contributed by atoms with E-state index in [1.807, 2.05) is 15.6 Å². The van der Waals surface area contributed by atoms with Crippen molar-refractivity contribution in [3.05, 3.63) is 47.2 Å². The minimum absolute atomic E-state index is 0.0555. The number of ether oxygens (including phenoxy) is 1. The summed E-state index contributed by atoms with van der Waals surface area (Å²) < 4.78 is 7.33. The predicted molar refractivity (Wildman–Crippen MR) is 105 cm³/mol. The second kappa shape index (κ2) is 7.72. The molecule has 1 saturated heterocycles. The van der Waals surface area contributed by atoms with E-state index in [2.05, 4.69) is 42.5 Å². The van der Waals surface area contributed by atoms with E-state index in [0.717, 1.165) is 45.0 Å². The quantitative estimate of drug-likeness (QED) is 0.896. The molecule has 1 unspecified atom stereocenters. The Labute approximate surface area is 160 Å². The second-order valence-electron chi connectivity index (χ2n) is 7.87. The number of benzene rings is 1. The van der Waals surface area contributed by atoms with E-state index < -0.39 is 0 Å². The molecule has 1 atom stereocenters. The lowest BCUT2D eigenvalue weighted by molar-refractivity contribution is 0.181. The van der Waals surface area contributed by atoms with Crippen molar-refractivity contribution >= 4 is 11.8 Å². The number of urea groups is 1. The molecule has 2 aliphatic rings. The summed E-state index contributed by atoms with van der Waals surface area (Å²) in [5.74, 6) is 1.74. The van der Waals surface area contributed by atoms with Crippen molar-refractivity contribution in [2.75, 3.05) is 25.1 Å². The molecule has 1 aromatic heterocycles. The first kappa shape index (κ1) is 18.0. The maximum Gasteiger partial charge on any atom is 0.323 e. The normalized spacial score (nSPS) is 19.4. The lowest BCUT2D eigenvalue weighted by Gasteiger charge is -2.31. The van der Waals surface area contributed by atoms with Crippen LogP contribution < -0.4 is 5.32 Å². The van der Waals surface area contributed by atoms with Crippen LogP contribution in [0.25, 0.3) is 0 Å². The number of aromatic nitrogens is 2. The number of carbonyl (C=O) groups is 1. The smallest absolute Gasteiger partial charge is 0.323 e. The van der Waals surface area contributed by atoms with Crippen LogP contribution in [0.4, 0.5) is 10.6 Å². The predicted octanol–water partition coefficient (Wildman–Crippen LogP) is 3.63. The fraction of sp³-hybridized carbons (Fsp3) is 0.524. The molecule has 1 N–H and O–H groups in total. The lowest BCUT2D eigenvalue weighted by Crippen LogP contribution is -2.39. The zero-order chi connectivity index (χ0) is 18.8. The molecule has 0 aliphatic carbocycles. The van der Waals surface area contributed by atoms with Crippen LogP contribution in [0, 0.1) is 5.92 Å². The number of rotatable bonds is 4. The second-order valence-corrected chi connectivity index (χ2v) is 7.87. The number of carbonyl (C=O) groups excluding carboxylic acids is 1. The van der Waals surface area contributed by atoms with E-state index in [1.54, 1.807) is 6.20 Å². The summed E-state index contributed by atoms with van der Waals surface area (Å²) in [5.41, 5.74) is 4.09. The SMILES string of the molecule is CC(C)c1cccc2c1CCN(C(=O)Nc1ccnn1CC1CCOC1)C2. The van der Waals surface area contributed by atoms with Crippen LogP contribution in [0.2, 0.25) is 0 Å². The van der Waals surface area contributed by atoms with Gasteiger partial charge < -0.3 is 9.64 Å². The Morgan fingerprint density at radius 1 is 1.37 bits per heavy atom. The van der Waals surface area contributed by atoms with Crippen LogP contribution in [-0.4, -0.2) is 40.5 Å². The molecule has 2 aromatic rings. The Morgan fingerprint density at radius 3 is 3.04 bits per heavy atom. The van der Waals surface area contributed by atoms with Crippen molar-refractivity contribution in [1.29, 1.82) is 0 Å². The van der Waals surface area contributed by atoms with Gasteiger partial charge in [0.2, 0.25) is 0 Å². The van der Waals surface area contributed by atoms with Gasteiger partial charge in [-0.25, -0.2) is 9.48 Å². The standard InChI is InChI=1S/C21H28N4O2/c1-15(2)18-5-3-4-17-13-24(10-7-19(17)18)21(26)23-20-6-9-22-25(20)12-16-8-11-27-14-16/h3-6,9,15-16H,7-8,10-14H2,1-2H3,(H,23,26). The molecule has 1 aromatic carbocycles. The van der Waals surface area contributed by atoms with Gasteiger partial charge in [-0.1, -0.05) is 32.0 Å². The van der Waals surface area contributed by atoms with Gasteiger partial charge in [-0.2, -0.15) is 5.10 Å². The van der Waals surface area contributed by atoms with Crippen LogP contribution in [0.1, 0.15) is 42.9 Å². The molecular formula is C21H28N4O2. The first-order valence-corrected chi connectivity index (χ1v) is 9.88. The molecule has 144 valence electrons. The molecule has 3 heterocycles. The fourth-order valence-corrected chi connectivity index (χ4v) is 4.10. The van der Waals surface area contributed by atoms with Crippen LogP contribution in [0.3, 0.4) is 0 Å². The Morgan fingerprint density at radius 2 is 2.26 bits per heavy atom. The maximum absolute atomic E-state index is 12.8. The number of anilines is 1. The number of nitrogens with one attached hydrogen (secondary N) is 1. The highest BCUT2D eigenvalue weighted by atomic mass is 16.5. The van der Waals surface area contributed by atoms with Gasteiger partial charge in [0, 0.05) is 38.2 Å². The summed E-state index contributed by atoms with van der Waals surface area (Å²) in [5, 5.41) is 7.42. The number of hydrogen-bond donors (Lipinski definition) is 1. The average molecular weight is 368 g/mol. The molecule has 0 radical (unpaired) electrons. The first-order chi connectivity index (χ1) is 13.1. The highest BCUT2D eigenvalue weighted by molar-refractivity contribution is 5.88. The van der Waals surface area contributed by atoms with Gasteiger partial charge >= 0.3 is 6.03 Å². The third-order valence-electron chi connectivity index (χ3n) is 5.62. The number of hydrogen-bond acceptors (Lipinski definition) is 3. The molecule has 2 aliphatic heterocycles. The Hall–Kier alpha value is -2.34. The van der Waals surface area contributed by atoms with Gasteiger partial charge in [-0.3, -0.25) is 5.32 Å². The largest absolute Gasteiger partial charge is 0.381 e. The molecule has 2 amide bonds. The zero-order valence-corrected chi connectivity index (χ0v) is 16.1.